The SMILES string of the molecule is CN(C)CCc1ccc(Oc2cc(Cl)c(C(=O)NC(=N)N)cc2I)cc1. The van der Waals surface area contributed by atoms with Gasteiger partial charge in [-0.3, -0.25) is 15.5 Å². The molecule has 6 nitrogen and oxygen atoms in total. The summed E-state index contributed by atoms with van der Waals surface area (Å²) in [5, 5.41) is 9.57. The molecule has 0 bridgehead atoms. The molecule has 0 aliphatic rings. The van der Waals surface area contributed by atoms with Gasteiger partial charge in [-0.1, -0.05) is 23.7 Å². The Balaban J connectivity index is 2.13. The number of benzene rings is 2. The van der Waals surface area contributed by atoms with Gasteiger partial charge in [-0.25, -0.2) is 0 Å². The molecule has 1 amide bonds. The van der Waals surface area contributed by atoms with Crippen LogP contribution < -0.4 is 15.8 Å². The van der Waals surface area contributed by atoms with E-state index in [0.29, 0.717) is 11.5 Å². The fourth-order valence-electron chi connectivity index (χ4n) is 2.17. The number of likely N-dealkylation sites (N-methyl/N-ethyl adjacent to an activating group) is 1. The molecule has 0 saturated carbocycles. The summed E-state index contributed by atoms with van der Waals surface area (Å²) in [7, 11) is 4.09. The molecule has 4 N–H and O–H groups in total. The second-order valence-corrected chi connectivity index (χ2v) is 7.50. The maximum absolute atomic E-state index is 12.0. The normalized spacial score (nSPS) is 10.7. The number of carbonyl (C=O) groups excluding carboxylic acids is 1. The summed E-state index contributed by atoms with van der Waals surface area (Å²) >= 11 is 8.25. The van der Waals surface area contributed by atoms with Crippen LogP contribution in [0.25, 0.3) is 0 Å². The van der Waals surface area contributed by atoms with E-state index in [1.165, 1.54) is 5.56 Å². The minimum absolute atomic E-state index is 0.224. The predicted molar refractivity (Wildman–Crippen MR) is 112 cm³/mol. The van der Waals surface area contributed by atoms with Crippen molar-refractivity contribution in [3.05, 3.63) is 56.1 Å². The summed E-state index contributed by atoms with van der Waals surface area (Å²) in [6.45, 7) is 0.984. The molecule has 8 heteroatoms. The third-order valence-electron chi connectivity index (χ3n) is 3.51. The molecule has 26 heavy (non-hydrogen) atoms. The van der Waals surface area contributed by atoms with Gasteiger partial charge in [0.25, 0.3) is 5.91 Å². The number of carbonyl (C=O) groups is 1. The second kappa shape index (κ2) is 9.20. The van der Waals surface area contributed by atoms with Crippen LogP contribution in [0.3, 0.4) is 0 Å². The lowest BCUT2D eigenvalue weighted by Crippen LogP contribution is -2.35. The zero-order valence-electron chi connectivity index (χ0n) is 14.5. The smallest absolute Gasteiger partial charge is 0.259 e. The van der Waals surface area contributed by atoms with Crippen LogP contribution >= 0.6 is 34.2 Å². The van der Waals surface area contributed by atoms with E-state index in [0.717, 1.165) is 16.5 Å². The minimum Gasteiger partial charge on any atom is -0.456 e. The molecule has 0 heterocycles. The summed E-state index contributed by atoms with van der Waals surface area (Å²) < 4.78 is 6.61. The maximum atomic E-state index is 12.0. The van der Waals surface area contributed by atoms with E-state index in [2.05, 4.69) is 32.8 Å². The zero-order valence-corrected chi connectivity index (χ0v) is 17.4. The molecule has 0 aliphatic carbocycles. The molecular formula is C18H20ClIN4O2. The molecule has 0 aromatic heterocycles. The van der Waals surface area contributed by atoms with Crippen molar-refractivity contribution in [2.75, 3.05) is 20.6 Å². The number of hydrogen-bond acceptors (Lipinski definition) is 4. The number of halogens is 2. The first-order valence-electron chi connectivity index (χ1n) is 7.82. The highest BCUT2D eigenvalue weighted by Crippen LogP contribution is 2.32. The Kier molecular flexibility index (Phi) is 7.24. The highest BCUT2D eigenvalue weighted by atomic mass is 127. The number of nitrogens with one attached hydrogen (secondary N) is 2. The van der Waals surface area contributed by atoms with E-state index in [4.69, 9.17) is 27.5 Å². The van der Waals surface area contributed by atoms with Gasteiger partial charge in [0, 0.05) is 12.6 Å². The lowest BCUT2D eigenvalue weighted by Gasteiger charge is -2.12. The van der Waals surface area contributed by atoms with E-state index in [-0.39, 0.29) is 10.6 Å². The van der Waals surface area contributed by atoms with Crippen molar-refractivity contribution in [2.45, 2.75) is 6.42 Å². The maximum Gasteiger partial charge on any atom is 0.259 e. The van der Waals surface area contributed by atoms with Crippen LogP contribution in [0.4, 0.5) is 0 Å². The number of nitrogens with two attached hydrogens (primary N) is 1. The number of amides is 1. The van der Waals surface area contributed by atoms with Crippen molar-refractivity contribution < 1.29 is 9.53 Å². The molecule has 138 valence electrons. The molecule has 0 unspecified atom stereocenters. The van der Waals surface area contributed by atoms with Crippen molar-refractivity contribution in [3.8, 4) is 11.5 Å². The van der Waals surface area contributed by atoms with E-state index in [1.807, 2.05) is 38.4 Å². The van der Waals surface area contributed by atoms with Gasteiger partial charge in [0.05, 0.1) is 14.2 Å². The second-order valence-electron chi connectivity index (χ2n) is 5.93. The van der Waals surface area contributed by atoms with Crippen molar-refractivity contribution in [1.29, 1.82) is 5.41 Å². The first-order valence-corrected chi connectivity index (χ1v) is 9.28. The van der Waals surface area contributed by atoms with Crippen molar-refractivity contribution in [3.63, 3.8) is 0 Å². The first-order chi connectivity index (χ1) is 12.3. The molecule has 2 rings (SSSR count). The topological polar surface area (TPSA) is 91.4 Å². The Bertz CT molecular complexity index is 810. The standard InChI is InChI=1S/C18H20ClIN4O2/c1-24(2)8-7-11-3-5-12(6-4-11)26-16-10-14(19)13(9-15(16)20)17(25)23-18(21)22/h3-6,9-10H,7-8H2,1-2H3,(H4,21,22,23,25). The molecule has 0 aliphatic heterocycles. The Hall–Kier alpha value is -1.84. The molecule has 2 aromatic carbocycles. The van der Waals surface area contributed by atoms with Crippen molar-refractivity contribution in [1.82, 2.24) is 10.2 Å². The van der Waals surface area contributed by atoms with Gasteiger partial charge < -0.3 is 15.4 Å². The van der Waals surface area contributed by atoms with Gasteiger partial charge in [-0.05, 0) is 66.9 Å². The van der Waals surface area contributed by atoms with Gasteiger partial charge in [0.15, 0.2) is 5.96 Å². The zero-order chi connectivity index (χ0) is 19.3. The first kappa shape index (κ1) is 20.5. The summed E-state index contributed by atoms with van der Waals surface area (Å²) in [6, 6.07) is 11.1. The number of hydrogen-bond donors (Lipinski definition) is 3. The Labute approximate surface area is 171 Å². The molecule has 0 spiro atoms. The summed E-state index contributed by atoms with van der Waals surface area (Å²) in [5.74, 6) is 0.275. The average molecular weight is 487 g/mol. The average Bonchev–Trinajstić information content (AvgIpc) is 2.56. The van der Waals surface area contributed by atoms with Crippen molar-refractivity contribution in [2.24, 2.45) is 5.73 Å². The molecular weight excluding hydrogens is 467 g/mol. The fourth-order valence-corrected chi connectivity index (χ4v) is 2.99. The van der Waals surface area contributed by atoms with E-state index >= 15 is 0 Å². The lowest BCUT2D eigenvalue weighted by molar-refractivity contribution is 0.0976. The Morgan fingerprint density at radius 2 is 1.96 bits per heavy atom. The molecule has 0 atom stereocenters. The van der Waals surface area contributed by atoms with Gasteiger partial charge >= 0.3 is 0 Å². The van der Waals surface area contributed by atoms with Crippen LogP contribution in [0.1, 0.15) is 15.9 Å². The Morgan fingerprint density at radius 3 is 2.54 bits per heavy atom. The van der Waals surface area contributed by atoms with Gasteiger partial charge in [-0.2, -0.15) is 0 Å². The molecule has 0 saturated heterocycles. The van der Waals surface area contributed by atoms with Crippen molar-refractivity contribution >= 4 is 46.1 Å². The van der Waals surface area contributed by atoms with Crippen LogP contribution in [-0.2, 0) is 6.42 Å². The number of guanidine groups is 1. The van der Waals surface area contributed by atoms with Gasteiger partial charge in [0.2, 0.25) is 0 Å². The lowest BCUT2D eigenvalue weighted by atomic mass is 10.1. The highest BCUT2D eigenvalue weighted by Gasteiger charge is 2.15. The third-order valence-corrected chi connectivity index (χ3v) is 4.67. The van der Waals surface area contributed by atoms with Crippen LogP contribution in [0.5, 0.6) is 11.5 Å². The minimum atomic E-state index is -0.530. The summed E-state index contributed by atoms with van der Waals surface area (Å²) in [6.07, 6.45) is 0.969. The monoisotopic (exact) mass is 486 g/mol. The quantitative estimate of drug-likeness (QED) is 0.331. The van der Waals surface area contributed by atoms with Crippen LogP contribution in [0.2, 0.25) is 5.02 Å². The number of nitrogens with zero attached hydrogens (tertiary/aromatic N) is 1. The van der Waals surface area contributed by atoms with E-state index in [1.54, 1.807) is 12.1 Å². The van der Waals surface area contributed by atoms with E-state index < -0.39 is 11.9 Å². The van der Waals surface area contributed by atoms with E-state index in [9.17, 15) is 4.79 Å². The van der Waals surface area contributed by atoms with Crippen LogP contribution in [-0.4, -0.2) is 37.4 Å². The number of ether oxygens (including phenoxy) is 1. The van der Waals surface area contributed by atoms with Crippen LogP contribution in [0.15, 0.2) is 36.4 Å². The summed E-state index contributed by atoms with van der Waals surface area (Å²) in [4.78, 5) is 14.1. The molecule has 0 fully saturated rings. The van der Waals surface area contributed by atoms with Gasteiger partial charge in [0.1, 0.15) is 11.5 Å². The predicted octanol–water partition coefficient (Wildman–Crippen LogP) is 3.46. The fraction of sp³-hybridized carbons (Fsp3) is 0.222. The van der Waals surface area contributed by atoms with Crippen LogP contribution in [0, 0.1) is 8.98 Å². The highest BCUT2D eigenvalue weighted by molar-refractivity contribution is 14.1. The summed E-state index contributed by atoms with van der Waals surface area (Å²) in [5.41, 5.74) is 6.65. The Morgan fingerprint density at radius 1 is 1.31 bits per heavy atom. The van der Waals surface area contributed by atoms with Gasteiger partial charge in [-0.15, -0.1) is 0 Å². The molecule has 0 radical (unpaired) electrons. The number of rotatable bonds is 6. The molecule has 2 aromatic rings. The third kappa shape index (κ3) is 5.86. The largest absolute Gasteiger partial charge is 0.456 e.